The fourth-order valence-corrected chi connectivity index (χ4v) is 2.49. The molecule has 0 saturated carbocycles. The minimum atomic E-state index is -0.955. The minimum absolute atomic E-state index is 0.149. The van der Waals surface area contributed by atoms with Gasteiger partial charge in [-0.1, -0.05) is 6.07 Å². The van der Waals surface area contributed by atoms with Gasteiger partial charge in [0.05, 0.1) is 12.5 Å². The summed E-state index contributed by atoms with van der Waals surface area (Å²) in [6.07, 6.45) is 1.37. The molecule has 0 spiro atoms. The zero-order valence-corrected chi connectivity index (χ0v) is 11.1. The number of thiophene rings is 1. The highest BCUT2D eigenvalue weighted by molar-refractivity contribution is 7.10. The van der Waals surface area contributed by atoms with Gasteiger partial charge in [0.2, 0.25) is 0 Å². The van der Waals surface area contributed by atoms with Gasteiger partial charge in [0, 0.05) is 18.1 Å². The van der Waals surface area contributed by atoms with E-state index in [1.54, 1.807) is 13.1 Å². The summed E-state index contributed by atoms with van der Waals surface area (Å²) in [5, 5.41) is 17.4. The molecule has 0 aliphatic carbocycles. The predicted octanol–water partition coefficient (Wildman–Crippen LogP) is 1.43. The Balaban J connectivity index is 2.15. The van der Waals surface area contributed by atoms with Crippen LogP contribution in [0.25, 0.3) is 0 Å². The molecule has 19 heavy (non-hydrogen) atoms. The highest BCUT2D eigenvalue weighted by atomic mass is 32.1. The Kier molecular flexibility index (Phi) is 3.96. The van der Waals surface area contributed by atoms with E-state index in [2.05, 4.69) is 10.4 Å². The van der Waals surface area contributed by atoms with Gasteiger partial charge in [0.25, 0.3) is 5.91 Å². The van der Waals surface area contributed by atoms with E-state index in [0.717, 1.165) is 4.88 Å². The third kappa shape index (κ3) is 3.19. The van der Waals surface area contributed by atoms with Crippen molar-refractivity contribution >= 4 is 23.2 Å². The van der Waals surface area contributed by atoms with E-state index in [1.165, 1.54) is 22.2 Å². The van der Waals surface area contributed by atoms with Crippen LogP contribution in [0.4, 0.5) is 0 Å². The van der Waals surface area contributed by atoms with E-state index in [0.29, 0.717) is 5.69 Å². The van der Waals surface area contributed by atoms with Gasteiger partial charge >= 0.3 is 5.97 Å². The maximum Gasteiger partial charge on any atom is 0.305 e. The second kappa shape index (κ2) is 5.66. The van der Waals surface area contributed by atoms with Gasteiger partial charge in [-0.25, -0.2) is 0 Å². The molecule has 0 fully saturated rings. The van der Waals surface area contributed by atoms with Crippen LogP contribution in [0.15, 0.2) is 29.8 Å². The van der Waals surface area contributed by atoms with E-state index in [-0.39, 0.29) is 12.3 Å². The average Bonchev–Trinajstić information content (AvgIpc) is 2.97. The van der Waals surface area contributed by atoms with Crippen molar-refractivity contribution in [2.45, 2.75) is 12.5 Å². The van der Waals surface area contributed by atoms with Crippen LogP contribution in [0.3, 0.4) is 0 Å². The molecule has 0 unspecified atom stereocenters. The number of aryl methyl sites for hydroxylation is 1. The first-order valence-corrected chi connectivity index (χ1v) is 6.50. The zero-order chi connectivity index (χ0) is 13.8. The summed E-state index contributed by atoms with van der Waals surface area (Å²) in [7, 11) is 1.66. The number of aromatic nitrogens is 2. The maximum atomic E-state index is 12.1. The van der Waals surface area contributed by atoms with Crippen LogP contribution in [-0.4, -0.2) is 26.8 Å². The van der Waals surface area contributed by atoms with Crippen molar-refractivity contribution in [2.24, 2.45) is 7.05 Å². The molecule has 2 aromatic rings. The van der Waals surface area contributed by atoms with Crippen molar-refractivity contribution in [1.82, 2.24) is 15.1 Å². The van der Waals surface area contributed by atoms with Crippen LogP contribution < -0.4 is 5.32 Å². The molecule has 7 heteroatoms. The molecular weight excluding hydrogens is 266 g/mol. The van der Waals surface area contributed by atoms with E-state index < -0.39 is 12.0 Å². The summed E-state index contributed by atoms with van der Waals surface area (Å²) in [6, 6.07) is 4.69. The number of carboxylic acid groups (broad SMARTS) is 1. The van der Waals surface area contributed by atoms with E-state index >= 15 is 0 Å². The van der Waals surface area contributed by atoms with E-state index in [9.17, 15) is 9.59 Å². The number of rotatable bonds is 5. The molecule has 2 N–H and O–H groups in total. The zero-order valence-electron chi connectivity index (χ0n) is 10.2. The summed E-state index contributed by atoms with van der Waals surface area (Å²) in [5.41, 5.74) is 0.395. The van der Waals surface area contributed by atoms with Gasteiger partial charge in [0.1, 0.15) is 5.69 Å². The molecule has 100 valence electrons. The molecule has 1 amide bonds. The number of carbonyl (C=O) groups excluding carboxylic acids is 1. The third-order valence-electron chi connectivity index (χ3n) is 2.62. The summed E-state index contributed by atoms with van der Waals surface area (Å²) in [4.78, 5) is 23.7. The van der Waals surface area contributed by atoms with Crippen molar-refractivity contribution in [1.29, 1.82) is 0 Å². The van der Waals surface area contributed by atoms with Crippen LogP contribution in [0, 0.1) is 0 Å². The molecule has 1 atom stereocenters. The molecule has 0 aliphatic heterocycles. The Labute approximate surface area is 113 Å². The molecule has 0 aliphatic rings. The summed E-state index contributed by atoms with van der Waals surface area (Å²) in [5.74, 6) is -1.29. The number of amides is 1. The average molecular weight is 279 g/mol. The fourth-order valence-electron chi connectivity index (χ4n) is 1.72. The molecule has 0 saturated heterocycles. The minimum Gasteiger partial charge on any atom is -0.481 e. The largest absolute Gasteiger partial charge is 0.481 e. The molecule has 6 nitrogen and oxygen atoms in total. The Morgan fingerprint density at radius 3 is 2.84 bits per heavy atom. The Bertz CT molecular complexity index is 577. The van der Waals surface area contributed by atoms with Crippen LogP contribution in [0.1, 0.15) is 27.8 Å². The number of carbonyl (C=O) groups is 2. The van der Waals surface area contributed by atoms with Crippen molar-refractivity contribution in [3.05, 3.63) is 40.3 Å². The standard InChI is InChI=1S/C12H13N3O3S/c1-15-9(4-5-13-15)12(18)14-8(7-11(16)17)10-3-2-6-19-10/h2-6,8H,7H2,1H3,(H,14,18)(H,16,17)/t8-/m1/s1. The summed E-state index contributed by atoms with van der Waals surface area (Å²) < 4.78 is 1.45. The molecular formula is C12H13N3O3S. The van der Waals surface area contributed by atoms with Gasteiger partial charge in [0.15, 0.2) is 0 Å². The third-order valence-corrected chi connectivity index (χ3v) is 3.61. The second-order valence-corrected chi connectivity index (χ2v) is 4.96. The Morgan fingerprint density at radius 2 is 2.32 bits per heavy atom. The molecule has 2 rings (SSSR count). The van der Waals surface area contributed by atoms with Gasteiger partial charge in [-0.05, 0) is 17.5 Å². The van der Waals surface area contributed by atoms with Crippen molar-refractivity contribution < 1.29 is 14.7 Å². The van der Waals surface area contributed by atoms with Crippen molar-refractivity contribution in [3.8, 4) is 0 Å². The lowest BCUT2D eigenvalue weighted by molar-refractivity contribution is -0.137. The number of carboxylic acids is 1. The van der Waals surface area contributed by atoms with Crippen molar-refractivity contribution in [2.75, 3.05) is 0 Å². The lowest BCUT2D eigenvalue weighted by Gasteiger charge is -2.15. The van der Waals surface area contributed by atoms with Crippen LogP contribution in [-0.2, 0) is 11.8 Å². The maximum absolute atomic E-state index is 12.1. The highest BCUT2D eigenvalue weighted by Crippen LogP contribution is 2.22. The first-order chi connectivity index (χ1) is 9.08. The Hall–Kier alpha value is -2.15. The second-order valence-electron chi connectivity index (χ2n) is 3.98. The molecule has 0 aromatic carbocycles. The van der Waals surface area contributed by atoms with Crippen LogP contribution in [0.2, 0.25) is 0 Å². The first-order valence-electron chi connectivity index (χ1n) is 5.62. The number of aliphatic carboxylic acids is 1. The van der Waals surface area contributed by atoms with E-state index in [4.69, 9.17) is 5.11 Å². The van der Waals surface area contributed by atoms with Gasteiger partial charge in [-0.2, -0.15) is 5.10 Å². The highest BCUT2D eigenvalue weighted by Gasteiger charge is 2.20. The number of nitrogens with zero attached hydrogens (tertiary/aromatic N) is 2. The summed E-state index contributed by atoms with van der Waals surface area (Å²) in [6.45, 7) is 0. The molecule has 2 heterocycles. The predicted molar refractivity (Wildman–Crippen MR) is 70.0 cm³/mol. The lowest BCUT2D eigenvalue weighted by Crippen LogP contribution is -2.31. The quantitative estimate of drug-likeness (QED) is 0.867. The number of hydrogen-bond acceptors (Lipinski definition) is 4. The molecule has 0 bridgehead atoms. The normalized spacial score (nSPS) is 12.1. The monoisotopic (exact) mass is 279 g/mol. The lowest BCUT2D eigenvalue weighted by atomic mass is 10.1. The fraction of sp³-hybridized carbons (Fsp3) is 0.250. The smallest absolute Gasteiger partial charge is 0.305 e. The topological polar surface area (TPSA) is 84.2 Å². The molecule has 2 aromatic heterocycles. The van der Waals surface area contributed by atoms with Crippen molar-refractivity contribution in [3.63, 3.8) is 0 Å². The number of hydrogen-bond donors (Lipinski definition) is 2. The first kappa shape index (κ1) is 13.3. The van der Waals surface area contributed by atoms with Gasteiger partial charge in [-0.3, -0.25) is 14.3 Å². The SMILES string of the molecule is Cn1nccc1C(=O)N[C@H](CC(=O)O)c1cccs1. The van der Waals surface area contributed by atoms with Crippen LogP contribution in [0.5, 0.6) is 0 Å². The van der Waals surface area contributed by atoms with Gasteiger partial charge in [-0.15, -0.1) is 11.3 Å². The molecule has 0 radical (unpaired) electrons. The Morgan fingerprint density at radius 1 is 1.53 bits per heavy atom. The number of nitrogens with one attached hydrogen (secondary N) is 1. The van der Waals surface area contributed by atoms with Gasteiger partial charge < -0.3 is 10.4 Å². The van der Waals surface area contributed by atoms with Crippen LogP contribution >= 0.6 is 11.3 Å². The summed E-state index contributed by atoms with van der Waals surface area (Å²) >= 11 is 1.42. The van der Waals surface area contributed by atoms with E-state index in [1.807, 2.05) is 17.5 Å².